The van der Waals surface area contributed by atoms with Crippen molar-refractivity contribution < 1.29 is 27.5 Å². The molecule has 1 aromatic carbocycles. The Morgan fingerprint density at radius 2 is 2.00 bits per heavy atom. The van der Waals surface area contributed by atoms with Gasteiger partial charge in [-0.2, -0.15) is 0 Å². The normalized spacial score (nSPS) is 11.1. The van der Waals surface area contributed by atoms with Crippen LogP contribution in [0.4, 0.5) is 0 Å². The third-order valence-corrected chi connectivity index (χ3v) is 3.28. The number of hydrogen-bond acceptors (Lipinski definition) is 6. The Hall–Kier alpha value is -1.84. The summed E-state index contributed by atoms with van der Waals surface area (Å²) in [7, 11) is -1.29. The van der Waals surface area contributed by atoms with Crippen LogP contribution in [0.5, 0.6) is 11.5 Å². The van der Waals surface area contributed by atoms with Crippen LogP contribution in [0.3, 0.4) is 0 Å². The molecule has 106 valence electrons. The van der Waals surface area contributed by atoms with Gasteiger partial charge in [-0.15, -0.1) is 0 Å². The molecule has 0 aromatic heterocycles. The van der Waals surface area contributed by atoms with Crippen molar-refractivity contribution in [1.82, 2.24) is 4.89 Å². The van der Waals surface area contributed by atoms with Crippen molar-refractivity contribution in [3.8, 4) is 11.5 Å². The highest BCUT2D eigenvalue weighted by atomic mass is 32.2. The average Bonchev–Trinajstić information content (AvgIpc) is 2.37. The van der Waals surface area contributed by atoms with E-state index in [1.807, 2.05) is 0 Å². The number of carbonyl (C=O) groups is 1. The van der Waals surface area contributed by atoms with E-state index in [9.17, 15) is 13.2 Å². The topological polar surface area (TPSA) is 117 Å². The van der Waals surface area contributed by atoms with Crippen molar-refractivity contribution in [2.24, 2.45) is 5.73 Å². The third-order valence-electron chi connectivity index (χ3n) is 2.04. The molecule has 1 amide bonds. The molecular formula is C10H14N2O6S. The Kier molecular flexibility index (Phi) is 5.10. The largest absolute Gasteiger partial charge is 0.497 e. The number of amides is 1. The first-order valence-electron chi connectivity index (χ1n) is 5.04. The fraction of sp³-hybridized carbons (Fsp3) is 0.300. The number of rotatable bonds is 7. The van der Waals surface area contributed by atoms with Crippen molar-refractivity contribution in [1.29, 1.82) is 0 Å². The predicted molar refractivity (Wildman–Crippen MR) is 65.0 cm³/mol. The van der Waals surface area contributed by atoms with Gasteiger partial charge in [0.2, 0.25) is 5.91 Å². The maximum atomic E-state index is 11.9. The second-order valence-electron chi connectivity index (χ2n) is 3.36. The lowest BCUT2D eigenvalue weighted by molar-refractivity contribution is -0.123. The summed E-state index contributed by atoms with van der Waals surface area (Å²) in [5.74, 6) is -0.368. The number of ether oxygens (including phenoxy) is 2. The maximum absolute atomic E-state index is 11.9. The minimum Gasteiger partial charge on any atom is -0.497 e. The lowest BCUT2D eigenvalue weighted by Crippen LogP contribution is -2.29. The molecule has 0 unspecified atom stereocenters. The monoisotopic (exact) mass is 290 g/mol. The van der Waals surface area contributed by atoms with Crippen LogP contribution in [0.2, 0.25) is 0 Å². The van der Waals surface area contributed by atoms with Gasteiger partial charge in [0.05, 0.1) is 14.2 Å². The SMILES string of the molecule is COc1ccc(OC)c(S(=O)(=O)NOCC(N)=O)c1. The van der Waals surface area contributed by atoms with E-state index >= 15 is 0 Å². The van der Waals surface area contributed by atoms with Crippen molar-refractivity contribution in [3.63, 3.8) is 0 Å². The molecule has 1 aromatic rings. The molecule has 0 aliphatic carbocycles. The molecule has 0 heterocycles. The summed E-state index contributed by atoms with van der Waals surface area (Å²) < 4.78 is 33.7. The van der Waals surface area contributed by atoms with E-state index in [1.165, 1.54) is 26.4 Å². The first-order chi connectivity index (χ1) is 8.90. The van der Waals surface area contributed by atoms with Crippen LogP contribution in [0.25, 0.3) is 0 Å². The van der Waals surface area contributed by atoms with E-state index < -0.39 is 22.5 Å². The summed E-state index contributed by atoms with van der Waals surface area (Å²) in [4.78, 5) is 16.5. The summed E-state index contributed by atoms with van der Waals surface area (Å²) in [6.45, 7) is -0.578. The van der Waals surface area contributed by atoms with Gasteiger partial charge < -0.3 is 15.2 Å². The molecular weight excluding hydrogens is 276 g/mol. The van der Waals surface area contributed by atoms with Crippen molar-refractivity contribution in [2.45, 2.75) is 4.90 Å². The molecule has 3 N–H and O–H groups in total. The van der Waals surface area contributed by atoms with Gasteiger partial charge in [-0.3, -0.25) is 9.63 Å². The number of nitrogens with one attached hydrogen (secondary N) is 1. The van der Waals surface area contributed by atoms with E-state index in [2.05, 4.69) is 4.84 Å². The fourth-order valence-corrected chi connectivity index (χ4v) is 2.21. The van der Waals surface area contributed by atoms with Gasteiger partial charge in [-0.1, -0.05) is 4.89 Å². The van der Waals surface area contributed by atoms with E-state index in [1.54, 1.807) is 11.0 Å². The van der Waals surface area contributed by atoms with Gasteiger partial charge in [-0.25, -0.2) is 8.42 Å². The smallest absolute Gasteiger partial charge is 0.266 e. The Morgan fingerprint density at radius 3 is 2.53 bits per heavy atom. The first kappa shape index (κ1) is 15.2. The number of carbonyl (C=O) groups excluding carboxylic acids is 1. The number of methoxy groups -OCH3 is 2. The van der Waals surface area contributed by atoms with Crippen LogP contribution in [0, 0.1) is 0 Å². The summed E-state index contributed by atoms with van der Waals surface area (Å²) in [5, 5.41) is 0. The van der Waals surface area contributed by atoms with Crippen LogP contribution in [-0.4, -0.2) is 35.2 Å². The van der Waals surface area contributed by atoms with Crippen LogP contribution < -0.4 is 20.1 Å². The van der Waals surface area contributed by atoms with Gasteiger partial charge in [0.1, 0.15) is 23.0 Å². The van der Waals surface area contributed by atoms with E-state index in [4.69, 9.17) is 15.2 Å². The Morgan fingerprint density at radius 1 is 1.32 bits per heavy atom. The molecule has 0 aliphatic rings. The molecule has 0 aliphatic heterocycles. The average molecular weight is 290 g/mol. The first-order valence-corrected chi connectivity index (χ1v) is 6.53. The lowest BCUT2D eigenvalue weighted by Gasteiger charge is -2.11. The van der Waals surface area contributed by atoms with Crippen LogP contribution in [0.1, 0.15) is 0 Å². The molecule has 0 saturated heterocycles. The highest BCUT2D eigenvalue weighted by molar-refractivity contribution is 7.89. The van der Waals surface area contributed by atoms with Gasteiger partial charge in [0, 0.05) is 6.07 Å². The molecule has 0 saturated carbocycles. The molecule has 0 fully saturated rings. The van der Waals surface area contributed by atoms with E-state index in [-0.39, 0.29) is 10.6 Å². The van der Waals surface area contributed by atoms with Crippen LogP contribution >= 0.6 is 0 Å². The van der Waals surface area contributed by atoms with Gasteiger partial charge in [0.25, 0.3) is 10.0 Å². The maximum Gasteiger partial charge on any atom is 0.266 e. The molecule has 19 heavy (non-hydrogen) atoms. The highest BCUT2D eigenvalue weighted by Gasteiger charge is 2.21. The minimum atomic E-state index is -4.02. The molecule has 1 rings (SSSR count). The Balaban J connectivity index is 3.01. The number of hydrogen-bond donors (Lipinski definition) is 2. The minimum absolute atomic E-state index is 0.107. The molecule has 0 atom stereocenters. The molecule has 0 spiro atoms. The van der Waals surface area contributed by atoms with Crippen molar-refractivity contribution in [2.75, 3.05) is 20.8 Å². The summed E-state index contributed by atoms with van der Waals surface area (Å²) >= 11 is 0. The molecule has 9 heteroatoms. The number of sulfonamides is 1. The predicted octanol–water partition coefficient (Wildman–Crippen LogP) is -0.601. The summed E-state index contributed by atoms with van der Waals surface area (Å²) in [6.07, 6.45) is 0. The standard InChI is InChI=1S/C10H14N2O6S/c1-16-7-3-4-8(17-2)9(5-7)19(14,15)12-18-6-10(11)13/h3-5,12H,6H2,1-2H3,(H2,11,13). The van der Waals surface area contributed by atoms with Gasteiger partial charge >= 0.3 is 0 Å². The molecule has 0 bridgehead atoms. The van der Waals surface area contributed by atoms with E-state index in [0.717, 1.165) is 0 Å². The Bertz CT molecular complexity index is 557. The zero-order chi connectivity index (χ0) is 14.5. The Labute approximate surface area is 110 Å². The molecule has 0 radical (unpaired) electrons. The second-order valence-corrected chi connectivity index (χ2v) is 4.97. The zero-order valence-electron chi connectivity index (χ0n) is 10.4. The number of benzene rings is 1. The second kappa shape index (κ2) is 6.36. The van der Waals surface area contributed by atoms with Gasteiger partial charge in [-0.05, 0) is 12.1 Å². The number of nitrogens with two attached hydrogens (primary N) is 1. The number of primary amides is 1. The fourth-order valence-electron chi connectivity index (χ4n) is 1.22. The molecule has 8 nitrogen and oxygen atoms in total. The zero-order valence-corrected chi connectivity index (χ0v) is 11.2. The third kappa shape index (κ3) is 4.09. The highest BCUT2D eigenvalue weighted by Crippen LogP contribution is 2.27. The lowest BCUT2D eigenvalue weighted by atomic mass is 10.3. The van der Waals surface area contributed by atoms with Crippen LogP contribution in [0.15, 0.2) is 23.1 Å². The summed E-state index contributed by atoms with van der Waals surface area (Å²) in [5.41, 5.74) is 4.82. The van der Waals surface area contributed by atoms with E-state index in [0.29, 0.717) is 5.75 Å². The van der Waals surface area contributed by atoms with Crippen LogP contribution in [-0.2, 0) is 19.7 Å². The van der Waals surface area contributed by atoms with Gasteiger partial charge in [0.15, 0.2) is 0 Å². The van der Waals surface area contributed by atoms with Crippen molar-refractivity contribution in [3.05, 3.63) is 18.2 Å². The van der Waals surface area contributed by atoms with Crippen molar-refractivity contribution >= 4 is 15.9 Å². The quantitative estimate of drug-likeness (QED) is 0.647. The summed E-state index contributed by atoms with van der Waals surface area (Å²) in [6, 6.07) is 4.23.